The maximum absolute atomic E-state index is 13.9. The van der Waals surface area contributed by atoms with Gasteiger partial charge in [0.2, 0.25) is 5.91 Å². The van der Waals surface area contributed by atoms with Crippen LogP contribution in [0.4, 0.5) is 4.79 Å². The number of benzene rings is 2. The van der Waals surface area contributed by atoms with Crippen LogP contribution in [-0.2, 0) is 16.0 Å². The van der Waals surface area contributed by atoms with Gasteiger partial charge >= 0.3 is 6.03 Å². The van der Waals surface area contributed by atoms with Gasteiger partial charge in [-0.15, -0.1) is 0 Å². The number of urea groups is 1. The summed E-state index contributed by atoms with van der Waals surface area (Å²) in [4.78, 5) is 45.5. The molecule has 2 heterocycles. The van der Waals surface area contributed by atoms with Gasteiger partial charge < -0.3 is 20.4 Å². The normalized spacial score (nSPS) is 18.6. The molecule has 2 N–H and O–H groups in total. The minimum absolute atomic E-state index is 0.192. The van der Waals surface area contributed by atoms with Crippen molar-refractivity contribution in [2.45, 2.75) is 25.4 Å². The van der Waals surface area contributed by atoms with E-state index in [9.17, 15) is 14.4 Å². The minimum atomic E-state index is -0.692. The molecule has 8 heteroatoms. The van der Waals surface area contributed by atoms with E-state index in [0.717, 1.165) is 11.1 Å². The summed E-state index contributed by atoms with van der Waals surface area (Å²) in [5.74, 6) is -0.404. The minimum Gasteiger partial charge on any atom is -0.353 e. The number of nitrogens with one attached hydrogen (secondary N) is 2. The standard InChI is InChI=1S/C27H33N5O3/c1-4-31-22-18-32(26(34)23(22)24(29-27(31)35)20-13-9-6-10-14-20)21(17-19-11-7-5-8-12-19)25(33)28-15-16-30(2)3/h5-14,21,24H,4,15-18H2,1-3H3,(H,28,33)(H,29,35)/t21-,24+/m1/s1. The van der Waals surface area contributed by atoms with E-state index < -0.39 is 12.1 Å². The molecule has 0 fully saturated rings. The Hall–Kier alpha value is -3.65. The van der Waals surface area contributed by atoms with Gasteiger partial charge in [0.25, 0.3) is 5.91 Å². The molecule has 0 aromatic heterocycles. The van der Waals surface area contributed by atoms with Crippen molar-refractivity contribution in [3.8, 4) is 0 Å². The molecule has 35 heavy (non-hydrogen) atoms. The van der Waals surface area contributed by atoms with Crippen molar-refractivity contribution in [1.82, 2.24) is 25.3 Å². The molecule has 2 aliphatic heterocycles. The summed E-state index contributed by atoms with van der Waals surface area (Å²) in [5, 5.41) is 6.00. The third-order valence-corrected chi connectivity index (χ3v) is 6.51. The third kappa shape index (κ3) is 5.22. The van der Waals surface area contributed by atoms with Crippen LogP contribution in [-0.4, -0.2) is 78.9 Å². The molecule has 8 nitrogen and oxygen atoms in total. The lowest BCUT2D eigenvalue weighted by atomic mass is 9.95. The molecule has 4 amide bonds. The first kappa shape index (κ1) is 24.5. The number of hydrogen-bond acceptors (Lipinski definition) is 4. The van der Waals surface area contributed by atoms with Crippen molar-refractivity contribution in [3.63, 3.8) is 0 Å². The molecule has 0 radical (unpaired) electrons. The molecule has 0 saturated carbocycles. The molecule has 4 rings (SSSR count). The van der Waals surface area contributed by atoms with Gasteiger partial charge in [0.15, 0.2) is 0 Å². The Balaban J connectivity index is 1.66. The summed E-state index contributed by atoms with van der Waals surface area (Å²) in [6, 6.07) is 17.7. The van der Waals surface area contributed by atoms with Gasteiger partial charge in [-0.2, -0.15) is 0 Å². The maximum atomic E-state index is 13.9. The fourth-order valence-electron chi connectivity index (χ4n) is 4.70. The number of hydrogen-bond donors (Lipinski definition) is 2. The molecule has 2 aromatic carbocycles. The van der Waals surface area contributed by atoms with Crippen molar-refractivity contribution in [3.05, 3.63) is 83.1 Å². The predicted octanol–water partition coefficient (Wildman–Crippen LogP) is 2.16. The number of likely N-dealkylation sites (N-methyl/N-ethyl adjacent to an activating group) is 2. The lowest BCUT2D eigenvalue weighted by Gasteiger charge is -2.32. The van der Waals surface area contributed by atoms with Crippen LogP contribution >= 0.6 is 0 Å². The third-order valence-electron chi connectivity index (χ3n) is 6.51. The lowest BCUT2D eigenvalue weighted by Crippen LogP contribution is -2.50. The Morgan fingerprint density at radius 3 is 2.37 bits per heavy atom. The largest absolute Gasteiger partial charge is 0.353 e. The summed E-state index contributed by atoms with van der Waals surface area (Å²) >= 11 is 0. The molecule has 0 saturated heterocycles. The van der Waals surface area contributed by atoms with Crippen molar-refractivity contribution >= 4 is 17.8 Å². The van der Waals surface area contributed by atoms with Gasteiger partial charge in [-0.1, -0.05) is 60.7 Å². The SMILES string of the molecule is CCN1C(=O)N[C@@H](c2ccccc2)C2=C1CN([C@H](Cc1ccccc1)C(=O)NCCN(C)C)C2=O. The number of rotatable bonds is 9. The van der Waals surface area contributed by atoms with Crippen LogP contribution in [0.5, 0.6) is 0 Å². The molecule has 0 aliphatic carbocycles. The average Bonchev–Trinajstić information content (AvgIpc) is 3.19. The van der Waals surface area contributed by atoms with Gasteiger partial charge in [-0.3, -0.25) is 14.5 Å². The first-order valence-electron chi connectivity index (χ1n) is 12.0. The highest BCUT2D eigenvalue weighted by Crippen LogP contribution is 2.37. The fraction of sp³-hybridized carbons (Fsp3) is 0.370. The van der Waals surface area contributed by atoms with Crippen LogP contribution in [0.2, 0.25) is 0 Å². The number of nitrogens with zero attached hydrogens (tertiary/aromatic N) is 3. The van der Waals surface area contributed by atoms with E-state index in [1.165, 1.54) is 0 Å². The van der Waals surface area contributed by atoms with E-state index in [2.05, 4.69) is 10.6 Å². The van der Waals surface area contributed by atoms with E-state index in [-0.39, 0.29) is 24.4 Å². The number of carbonyl (C=O) groups is 3. The zero-order valence-electron chi connectivity index (χ0n) is 20.5. The van der Waals surface area contributed by atoms with Gasteiger partial charge in [-0.25, -0.2) is 4.79 Å². The van der Waals surface area contributed by atoms with Crippen LogP contribution in [0.1, 0.15) is 24.1 Å². The Kier molecular flexibility index (Phi) is 7.51. The Morgan fingerprint density at radius 1 is 1.09 bits per heavy atom. The summed E-state index contributed by atoms with van der Waals surface area (Å²) < 4.78 is 0. The smallest absolute Gasteiger partial charge is 0.322 e. The van der Waals surface area contributed by atoms with Crippen LogP contribution in [0.15, 0.2) is 71.9 Å². The summed E-state index contributed by atoms with van der Waals surface area (Å²) in [7, 11) is 3.89. The monoisotopic (exact) mass is 475 g/mol. The van der Waals surface area contributed by atoms with E-state index in [1.807, 2.05) is 86.6 Å². The van der Waals surface area contributed by atoms with Gasteiger partial charge in [0.1, 0.15) is 6.04 Å². The second-order valence-electron chi connectivity index (χ2n) is 9.13. The van der Waals surface area contributed by atoms with Crippen LogP contribution in [0, 0.1) is 0 Å². The second-order valence-corrected chi connectivity index (χ2v) is 9.13. The Bertz CT molecular complexity index is 1100. The van der Waals surface area contributed by atoms with Gasteiger partial charge in [-0.05, 0) is 32.1 Å². The van der Waals surface area contributed by atoms with E-state index >= 15 is 0 Å². The van der Waals surface area contributed by atoms with Crippen molar-refractivity contribution in [1.29, 1.82) is 0 Å². The highest BCUT2D eigenvalue weighted by Gasteiger charge is 2.46. The average molecular weight is 476 g/mol. The molecule has 184 valence electrons. The quantitative estimate of drug-likeness (QED) is 0.582. The van der Waals surface area contributed by atoms with Crippen LogP contribution in [0.25, 0.3) is 0 Å². The Labute approximate surface area is 206 Å². The summed E-state index contributed by atoms with van der Waals surface area (Å²) in [6.07, 6.45) is 0.393. The molecule has 0 spiro atoms. The van der Waals surface area contributed by atoms with E-state index in [0.29, 0.717) is 37.3 Å². The van der Waals surface area contributed by atoms with Crippen molar-refractivity contribution in [2.24, 2.45) is 0 Å². The summed E-state index contributed by atoms with van der Waals surface area (Å²) in [5.41, 5.74) is 3.03. The highest BCUT2D eigenvalue weighted by molar-refractivity contribution is 6.03. The molecular weight excluding hydrogens is 442 g/mol. The topological polar surface area (TPSA) is 85.0 Å². The van der Waals surface area contributed by atoms with Crippen LogP contribution < -0.4 is 10.6 Å². The van der Waals surface area contributed by atoms with Crippen molar-refractivity contribution in [2.75, 3.05) is 40.3 Å². The predicted molar refractivity (Wildman–Crippen MR) is 134 cm³/mol. The summed E-state index contributed by atoms with van der Waals surface area (Å²) in [6.45, 7) is 3.73. The lowest BCUT2D eigenvalue weighted by molar-refractivity contribution is -0.136. The molecule has 0 unspecified atom stereocenters. The highest BCUT2D eigenvalue weighted by atomic mass is 16.2. The molecular formula is C27H33N5O3. The second kappa shape index (κ2) is 10.7. The molecule has 2 aromatic rings. The zero-order chi connectivity index (χ0) is 24.9. The first-order valence-corrected chi connectivity index (χ1v) is 12.0. The number of carbonyl (C=O) groups excluding carboxylic acids is 3. The molecule has 0 bridgehead atoms. The maximum Gasteiger partial charge on any atom is 0.322 e. The zero-order valence-corrected chi connectivity index (χ0v) is 20.5. The van der Waals surface area contributed by atoms with E-state index in [1.54, 1.807) is 9.80 Å². The first-order chi connectivity index (χ1) is 16.9. The van der Waals surface area contributed by atoms with E-state index in [4.69, 9.17) is 0 Å². The van der Waals surface area contributed by atoms with Crippen molar-refractivity contribution < 1.29 is 14.4 Å². The van der Waals surface area contributed by atoms with Gasteiger partial charge in [0, 0.05) is 26.1 Å². The Morgan fingerprint density at radius 2 is 1.74 bits per heavy atom. The fourth-order valence-corrected chi connectivity index (χ4v) is 4.70. The van der Waals surface area contributed by atoms with Gasteiger partial charge in [0.05, 0.1) is 23.9 Å². The molecule has 2 aliphatic rings. The molecule has 2 atom stereocenters. The number of amides is 4. The van der Waals surface area contributed by atoms with Crippen LogP contribution in [0.3, 0.4) is 0 Å².